The Labute approximate surface area is 170 Å². The molecule has 0 bridgehead atoms. The van der Waals surface area contributed by atoms with Crippen molar-refractivity contribution >= 4 is 5.91 Å². The minimum Gasteiger partial charge on any atom is -0.484 e. The molecule has 8 heteroatoms. The lowest BCUT2D eigenvalue weighted by Crippen LogP contribution is -2.47. The zero-order valence-corrected chi connectivity index (χ0v) is 17.3. The van der Waals surface area contributed by atoms with Gasteiger partial charge in [0.2, 0.25) is 0 Å². The molecule has 2 aromatic rings. The van der Waals surface area contributed by atoms with Crippen LogP contribution >= 0.6 is 0 Å². The molecule has 1 atom stereocenters. The van der Waals surface area contributed by atoms with E-state index in [1.165, 1.54) is 10.2 Å². The number of amides is 1. The molecule has 0 saturated carbocycles. The number of aryl methyl sites for hydroxylation is 3. The van der Waals surface area contributed by atoms with Crippen LogP contribution in [0.15, 0.2) is 23.0 Å². The minimum absolute atomic E-state index is 0.00177. The van der Waals surface area contributed by atoms with Gasteiger partial charge in [-0.2, -0.15) is 5.10 Å². The molecule has 0 radical (unpaired) electrons. The Morgan fingerprint density at radius 3 is 2.86 bits per heavy atom. The van der Waals surface area contributed by atoms with Gasteiger partial charge in [-0.3, -0.25) is 9.36 Å². The van der Waals surface area contributed by atoms with E-state index in [2.05, 4.69) is 5.10 Å². The molecule has 0 N–H and O–H groups in total. The predicted octanol–water partition coefficient (Wildman–Crippen LogP) is 1.65. The summed E-state index contributed by atoms with van der Waals surface area (Å²) in [6.45, 7) is 8.48. The second-order valence-electron chi connectivity index (χ2n) is 8.08. The lowest BCUT2D eigenvalue weighted by molar-refractivity contribution is -0.135. The van der Waals surface area contributed by atoms with Gasteiger partial charge in [0.05, 0.1) is 13.1 Å². The monoisotopic (exact) mass is 400 g/mol. The normalized spacial score (nSPS) is 20.9. The van der Waals surface area contributed by atoms with Crippen LogP contribution < -0.4 is 10.4 Å². The van der Waals surface area contributed by atoms with Crippen LogP contribution in [-0.2, 0) is 29.2 Å². The summed E-state index contributed by atoms with van der Waals surface area (Å²) in [7, 11) is 0. The van der Waals surface area contributed by atoms with Crippen molar-refractivity contribution < 1.29 is 14.3 Å². The summed E-state index contributed by atoms with van der Waals surface area (Å²) in [4.78, 5) is 27.0. The second-order valence-corrected chi connectivity index (χ2v) is 8.08. The maximum Gasteiger partial charge on any atom is 0.346 e. The fourth-order valence-electron chi connectivity index (χ4n) is 4.00. The summed E-state index contributed by atoms with van der Waals surface area (Å²) in [6, 6.07) is 5.82. The van der Waals surface area contributed by atoms with Crippen LogP contribution in [0.4, 0.5) is 0 Å². The average Bonchev–Trinajstić information content (AvgIpc) is 3.25. The number of fused-ring (bicyclic) bond motifs is 1. The van der Waals surface area contributed by atoms with Gasteiger partial charge in [0, 0.05) is 13.1 Å². The third-order valence-electron chi connectivity index (χ3n) is 5.90. The predicted molar refractivity (Wildman–Crippen MR) is 107 cm³/mol. The average molecular weight is 400 g/mol. The number of hydrogen-bond donors (Lipinski definition) is 0. The number of ether oxygens (including phenoxy) is 2. The maximum atomic E-state index is 12.7. The lowest BCUT2D eigenvalue weighted by Gasteiger charge is -2.33. The quantitative estimate of drug-likeness (QED) is 0.763. The van der Waals surface area contributed by atoms with E-state index in [0.29, 0.717) is 50.8 Å². The van der Waals surface area contributed by atoms with E-state index in [-0.39, 0.29) is 18.2 Å². The van der Waals surface area contributed by atoms with Crippen molar-refractivity contribution in [3.05, 3.63) is 45.6 Å². The largest absolute Gasteiger partial charge is 0.484 e. The van der Waals surface area contributed by atoms with Crippen LogP contribution in [0.2, 0.25) is 0 Å². The molecule has 0 aliphatic carbocycles. The Kier molecular flexibility index (Phi) is 5.21. The van der Waals surface area contributed by atoms with Crippen LogP contribution in [-0.4, -0.2) is 50.5 Å². The lowest BCUT2D eigenvalue weighted by atomic mass is 10.0. The van der Waals surface area contributed by atoms with Crippen LogP contribution in [0, 0.1) is 13.8 Å². The van der Waals surface area contributed by atoms with Crippen molar-refractivity contribution in [2.24, 2.45) is 0 Å². The van der Waals surface area contributed by atoms with E-state index < -0.39 is 5.60 Å². The molecule has 1 aromatic carbocycles. The van der Waals surface area contributed by atoms with Gasteiger partial charge in [0.25, 0.3) is 5.91 Å². The maximum absolute atomic E-state index is 12.7. The highest BCUT2D eigenvalue weighted by molar-refractivity contribution is 5.78. The Hall–Kier alpha value is -2.61. The van der Waals surface area contributed by atoms with E-state index in [1.807, 2.05) is 39.0 Å². The Bertz CT molecular complexity index is 980. The van der Waals surface area contributed by atoms with Crippen molar-refractivity contribution in [3.63, 3.8) is 0 Å². The molecule has 8 nitrogen and oxygen atoms in total. The summed E-state index contributed by atoms with van der Waals surface area (Å²) in [5, 5.41) is 4.37. The first-order valence-corrected chi connectivity index (χ1v) is 10.2. The number of benzene rings is 1. The summed E-state index contributed by atoms with van der Waals surface area (Å²) >= 11 is 0. The summed E-state index contributed by atoms with van der Waals surface area (Å²) in [6.07, 6.45) is 1.55. The Morgan fingerprint density at radius 1 is 1.28 bits per heavy atom. The minimum atomic E-state index is -0.521. The highest BCUT2D eigenvalue weighted by Gasteiger charge is 2.44. The highest BCUT2D eigenvalue weighted by Crippen LogP contribution is 2.31. The first-order chi connectivity index (χ1) is 13.9. The molecule has 1 aromatic heterocycles. The van der Waals surface area contributed by atoms with Crippen molar-refractivity contribution in [2.45, 2.75) is 58.9 Å². The zero-order valence-electron chi connectivity index (χ0n) is 17.3. The molecule has 2 aliphatic rings. The van der Waals surface area contributed by atoms with E-state index in [9.17, 15) is 9.59 Å². The van der Waals surface area contributed by atoms with Crippen LogP contribution in [0.25, 0.3) is 0 Å². The van der Waals surface area contributed by atoms with Gasteiger partial charge in [0.1, 0.15) is 18.0 Å². The first-order valence-electron chi connectivity index (χ1n) is 10.2. The molecular weight excluding hydrogens is 372 g/mol. The van der Waals surface area contributed by atoms with Gasteiger partial charge in [0.15, 0.2) is 12.4 Å². The molecule has 29 heavy (non-hydrogen) atoms. The number of carbonyl (C=O) groups excluding carboxylic acids is 1. The molecule has 1 amide bonds. The molecule has 1 unspecified atom stereocenters. The van der Waals surface area contributed by atoms with E-state index in [4.69, 9.17) is 9.47 Å². The topological polar surface area (TPSA) is 78.6 Å². The Morgan fingerprint density at radius 2 is 2.10 bits per heavy atom. The van der Waals surface area contributed by atoms with Gasteiger partial charge in [-0.05, 0) is 49.9 Å². The molecule has 1 spiro atoms. The molecule has 3 heterocycles. The fourth-order valence-corrected chi connectivity index (χ4v) is 4.00. The fraction of sp³-hybridized carbons (Fsp3) is 0.571. The smallest absolute Gasteiger partial charge is 0.346 e. The SMILES string of the molecule is CCCn1nc2n(c1=O)CC1(CCN(C(=O)COc3ccc(C)c(C)c3)C1)OC2. The molecule has 2 aliphatic heterocycles. The van der Waals surface area contributed by atoms with Crippen LogP contribution in [0.3, 0.4) is 0 Å². The van der Waals surface area contributed by atoms with E-state index in [0.717, 1.165) is 12.0 Å². The summed E-state index contributed by atoms with van der Waals surface area (Å²) < 4.78 is 15.0. The molecule has 1 fully saturated rings. The number of carbonyl (C=O) groups is 1. The summed E-state index contributed by atoms with van der Waals surface area (Å²) in [5.41, 5.74) is 1.71. The van der Waals surface area contributed by atoms with Gasteiger partial charge < -0.3 is 14.4 Å². The van der Waals surface area contributed by atoms with Gasteiger partial charge >= 0.3 is 5.69 Å². The van der Waals surface area contributed by atoms with Crippen molar-refractivity contribution in [3.8, 4) is 5.75 Å². The van der Waals surface area contributed by atoms with Gasteiger partial charge in [-0.1, -0.05) is 13.0 Å². The zero-order chi connectivity index (χ0) is 20.6. The van der Waals surface area contributed by atoms with Crippen molar-refractivity contribution in [2.75, 3.05) is 19.7 Å². The third-order valence-corrected chi connectivity index (χ3v) is 5.90. The standard InChI is InChI=1S/C21H28N4O4/c1-4-8-25-20(27)24-14-21(29-11-18(24)22-25)7-9-23(13-21)19(26)12-28-17-6-5-15(2)16(3)10-17/h5-6,10H,4,7-9,11-14H2,1-3H3. The second kappa shape index (κ2) is 7.67. The number of likely N-dealkylation sites (tertiary alicyclic amines) is 1. The molecule has 1 saturated heterocycles. The van der Waals surface area contributed by atoms with Crippen molar-refractivity contribution in [1.29, 1.82) is 0 Å². The number of nitrogens with zero attached hydrogens (tertiary/aromatic N) is 4. The third kappa shape index (κ3) is 3.81. The number of rotatable bonds is 5. The van der Waals surface area contributed by atoms with Crippen LogP contribution in [0.1, 0.15) is 36.7 Å². The van der Waals surface area contributed by atoms with Crippen LogP contribution in [0.5, 0.6) is 5.75 Å². The number of aromatic nitrogens is 3. The van der Waals surface area contributed by atoms with E-state index >= 15 is 0 Å². The Balaban J connectivity index is 1.39. The number of hydrogen-bond acceptors (Lipinski definition) is 5. The summed E-state index contributed by atoms with van der Waals surface area (Å²) in [5.74, 6) is 1.30. The molecular formula is C21H28N4O4. The van der Waals surface area contributed by atoms with E-state index in [1.54, 1.807) is 9.47 Å². The van der Waals surface area contributed by atoms with Gasteiger partial charge in [-0.15, -0.1) is 0 Å². The molecule has 156 valence electrons. The highest BCUT2D eigenvalue weighted by atomic mass is 16.5. The van der Waals surface area contributed by atoms with Gasteiger partial charge in [-0.25, -0.2) is 9.48 Å². The first kappa shape index (κ1) is 19.7. The van der Waals surface area contributed by atoms with Crippen molar-refractivity contribution in [1.82, 2.24) is 19.2 Å². The molecule has 4 rings (SSSR count).